The highest BCUT2D eigenvalue weighted by Crippen LogP contribution is 2.07. The molecule has 0 aliphatic heterocycles. The zero-order valence-electron chi connectivity index (χ0n) is 14.9. The maximum atomic E-state index is 5.40. The van der Waals surface area contributed by atoms with Crippen molar-refractivity contribution in [3.8, 4) is 0 Å². The number of guanidine groups is 1. The lowest BCUT2D eigenvalue weighted by atomic mass is 10.1. The third-order valence-corrected chi connectivity index (χ3v) is 3.87. The molecule has 0 atom stereocenters. The van der Waals surface area contributed by atoms with Crippen molar-refractivity contribution >= 4 is 5.96 Å². The van der Waals surface area contributed by atoms with Gasteiger partial charge >= 0.3 is 0 Å². The van der Waals surface area contributed by atoms with Gasteiger partial charge in [-0.2, -0.15) is 0 Å². The number of nitrogens with zero attached hydrogens (tertiary/aromatic N) is 3. The fourth-order valence-electron chi connectivity index (χ4n) is 2.13. The van der Waals surface area contributed by atoms with E-state index in [4.69, 9.17) is 4.74 Å². The summed E-state index contributed by atoms with van der Waals surface area (Å²) >= 11 is 0. The van der Waals surface area contributed by atoms with Gasteiger partial charge in [-0.15, -0.1) is 0 Å². The fraction of sp³-hybridized carbons (Fsp3) is 0.444. The van der Waals surface area contributed by atoms with Crippen molar-refractivity contribution < 1.29 is 4.74 Å². The molecule has 0 unspecified atom stereocenters. The minimum Gasteiger partial charge on any atom is -0.377 e. The number of aromatic nitrogens is 2. The smallest absolute Gasteiger partial charge is 0.191 e. The number of rotatable bonds is 7. The number of hydrogen-bond donors (Lipinski definition) is 2. The number of hydrogen-bond acceptors (Lipinski definition) is 3. The Morgan fingerprint density at radius 1 is 1.21 bits per heavy atom. The van der Waals surface area contributed by atoms with E-state index >= 15 is 0 Å². The Morgan fingerprint density at radius 3 is 2.50 bits per heavy atom. The van der Waals surface area contributed by atoms with Crippen LogP contribution in [-0.4, -0.2) is 41.8 Å². The zero-order valence-corrected chi connectivity index (χ0v) is 14.9. The molecule has 6 nitrogen and oxygen atoms in total. The predicted octanol–water partition coefficient (Wildman–Crippen LogP) is 2.02. The first-order valence-electron chi connectivity index (χ1n) is 8.05. The second kappa shape index (κ2) is 8.49. The SMILES string of the molecule is CN=C(NCc1ccc(Cn2ccnc2)cc1)NCC(C)(C)OC. The summed E-state index contributed by atoms with van der Waals surface area (Å²) in [6.45, 7) is 6.31. The number of imidazole rings is 1. The number of ether oxygens (including phenoxy) is 1. The molecule has 0 radical (unpaired) electrons. The van der Waals surface area contributed by atoms with Gasteiger partial charge in [-0.25, -0.2) is 4.98 Å². The van der Waals surface area contributed by atoms with Crippen LogP contribution in [-0.2, 0) is 17.8 Å². The number of aliphatic imine (C=N–C) groups is 1. The molecule has 1 heterocycles. The Hall–Kier alpha value is -2.34. The molecular weight excluding hydrogens is 302 g/mol. The van der Waals surface area contributed by atoms with E-state index in [0.717, 1.165) is 19.0 Å². The van der Waals surface area contributed by atoms with Crippen molar-refractivity contribution in [1.29, 1.82) is 0 Å². The molecular formula is C18H27N5O. The van der Waals surface area contributed by atoms with Crippen molar-refractivity contribution in [3.63, 3.8) is 0 Å². The molecule has 2 aromatic rings. The van der Waals surface area contributed by atoms with Crippen LogP contribution < -0.4 is 10.6 Å². The zero-order chi connectivity index (χ0) is 17.4. The van der Waals surface area contributed by atoms with Gasteiger partial charge in [0.1, 0.15) is 0 Å². The lowest BCUT2D eigenvalue weighted by Gasteiger charge is -2.24. The van der Waals surface area contributed by atoms with Crippen LogP contribution in [0, 0.1) is 0 Å². The Morgan fingerprint density at radius 2 is 1.92 bits per heavy atom. The van der Waals surface area contributed by atoms with Crippen LogP contribution in [0.2, 0.25) is 0 Å². The van der Waals surface area contributed by atoms with E-state index in [-0.39, 0.29) is 5.60 Å². The van der Waals surface area contributed by atoms with Crippen molar-refractivity contribution in [2.75, 3.05) is 20.7 Å². The van der Waals surface area contributed by atoms with Gasteiger partial charge in [0.25, 0.3) is 0 Å². The highest BCUT2D eigenvalue weighted by molar-refractivity contribution is 5.79. The van der Waals surface area contributed by atoms with E-state index < -0.39 is 0 Å². The van der Waals surface area contributed by atoms with Gasteiger partial charge in [0, 0.05) is 46.2 Å². The van der Waals surface area contributed by atoms with Crippen molar-refractivity contribution in [2.45, 2.75) is 32.5 Å². The molecule has 1 aromatic heterocycles. The van der Waals surface area contributed by atoms with Crippen LogP contribution >= 0.6 is 0 Å². The quantitative estimate of drug-likeness (QED) is 0.603. The molecule has 0 fully saturated rings. The monoisotopic (exact) mass is 329 g/mol. The average molecular weight is 329 g/mol. The molecule has 130 valence electrons. The van der Waals surface area contributed by atoms with Crippen LogP contribution in [0.1, 0.15) is 25.0 Å². The molecule has 24 heavy (non-hydrogen) atoms. The molecule has 2 rings (SSSR count). The van der Waals surface area contributed by atoms with Crippen molar-refractivity contribution in [3.05, 3.63) is 54.1 Å². The van der Waals surface area contributed by atoms with E-state index in [1.807, 2.05) is 26.4 Å². The summed E-state index contributed by atoms with van der Waals surface area (Å²) in [7, 11) is 3.48. The molecule has 0 saturated carbocycles. The van der Waals surface area contributed by atoms with Gasteiger partial charge < -0.3 is 19.9 Å². The normalized spacial score (nSPS) is 12.2. The standard InChI is InChI=1S/C18H27N5O/c1-18(2,24-4)13-22-17(19-3)21-11-15-5-7-16(8-6-15)12-23-10-9-20-14-23/h5-10,14H,11-13H2,1-4H3,(H2,19,21,22). The van der Waals surface area contributed by atoms with Gasteiger partial charge in [0.05, 0.1) is 11.9 Å². The van der Waals surface area contributed by atoms with Crippen molar-refractivity contribution in [1.82, 2.24) is 20.2 Å². The molecule has 2 N–H and O–H groups in total. The minimum absolute atomic E-state index is 0.230. The van der Waals surface area contributed by atoms with Gasteiger partial charge in [-0.3, -0.25) is 4.99 Å². The molecule has 0 bridgehead atoms. The first kappa shape index (κ1) is 18.0. The third-order valence-electron chi connectivity index (χ3n) is 3.87. The molecule has 6 heteroatoms. The minimum atomic E-state index is -0.230. The Kier molecular flexibility index (Phi) is 6.37. The summed E-state index contributed by atoms with van der Waals surface area (Å²) in [5, 5.41) is 6.59. The van der Waals surface area contributed by atoms with E-state index in [9.17, 15) is 0 Å². The first-order valence-corrected chi connectivity index (χ1v) is 8.05. The molecule has 0 amide bonds. The van der Waals surface area contributed by atoms with E-state index in [0.29, 0.717) is 6.54 Å². The summed E-state index contributed by atoms with van der Waals surface area (Å²) in [5.41, 5.74) is 2.23. The number of nitrogens with one attached hydrogen (secondary N) is 2. The summed E-state index contributed by atoms with van der Waals surface area (Å²) in [5.74, 6) is 0.766. The van der Waals surface area contributed by atoms with E-state index in [1.54, 1.807) is 20.4 Å². The molecule has 0 saturated heterocycles. The van der Waals surface area contributed by atoms with Gasteiger partial charge in [0.15, 0.2) is 5.96 Å². The topological polar surface area (TPSA) is 63.5 Å². The Balaban J connectivity index is 1.82. The summed E-state index contributed by atoms with van der Waals surface area (Å²) in [6, 6.07) is 8.54. The second-order valence-corrected chi connectivity index (χ2v) is 6.29. The van der Waals surface area contributed by atoms with Gasteiger partial charge in [0.2, 0.25) is 0 Å². The molecule has 0 aliphatic carbocycles. The number of methoxy groups -OCH3 is 1. The van der Waals surface area contributed by atoms with Gasteiger partial charge in [-0.05, 0) is 25.0 Å². The fourth-order valence-corrected chi connectivity index (χ4v) is 2.13. The largest absolute Gasteiger partial charge is 0.377 e. The number of benzene rings is 1. The van der Waals surface area contributed by atoms with E-state index in [1.165, 1.54) is 11.1 Å². The van der Waals surface area contributed by atoms with Crippen LogP contribution in [0.25, 0.3) is 0 Å². The lowest BCUT2D eigenvalue weighted by Crippen LogP contribution is -2.45. The highest BCUT2D eigenvalue weighted by Gasteiger charge is 2.16. The van der Waals surface area contributed by atoms with Crippen LogP contribution in [0.3, 0.4) is 0 Å². The lowest BCUT2D eigenvalue weighted by molar-refractivity contribution is 0.0268. The average Bonchev–Trinajstić information content (AvgIpc) is 3.09. The first-order chi connectivity index (χ1) is 11.5. The van der Waals surface area contributed by atoms with E-state index in [2.05, 4.69) is 49.4 Å². The summed E-state index contributed by atoms with van der Waals surface area (Å²) in [6.07, 6.45) is 5.58. The third kappa shape index (κ3) is 5.70. The van der Waals surface area contributed by atoms with Crippen LogP contribution in [0.4, 0.5) is 0 Å². The summed E-state index contributed by atoms with van der Waals surface area (Å²) < 4.78 is 7.45. The Labute approximate surface area is 144 Å². The van der Waals surface area contributed by atoms with Crippen molar-refractivity contribution in [2.24, 2.45) is 4.99 Å². The maximum Gasteiger partial charge on any atom is 0.191 e. The Bertz CT molecular complexity index is 632. The highest BCUT2D eigenvalue weighted by atomic mass is 16.5. The van der Waals surface area contributed by atoms with Crippen LogP contribution in [0.5, 0.6) is 0 Å². The molecule has 1 aromatic carbocycles. The summed E-state index contributed by atoms with van der Waals surface area (Å²) in [4.78, 5) is 8.30. The maximum absolute atomic E-state index is 5.40. The molecule has 0 spiro atoms. The molecule has 0 aliphatic rings. The van der Waals surface area contributed by atoms with Crippen LogP contribution in [0.15, 0.2) is 48.0 Å². The van der Waals surface area contributed by atoms with Gasteiger partial charge in [-0.1, -0.05) is 24.3 Å². The second-order valence-electron chi connectivity index (χ2n) is 6.29. The predicted molar refractivity (Wildman–Crippen MR) is 97.1 cm³/mol.